The van der Waals surface area contributed by atoms with Crippen molar-refractivity contribution in [3.63, 3.8) is 0 Å². The predicted octanol–water partition coefficient (Wildman–Crippen LogP) is 2.72. The largest absolute Gasteiger partial charge is 2.00 e. The maximum atomic E-state index is 4.89. The van der Waals surface area contributed by atoms with Crippen LogP contribution in [0.1, 0.15) is 12.8 Å². The van der Waals surface area contributed by atoms with E-state index in [2.05, 4.69) is 13.0 Å². The number of hydrogen-bond acceptors (Lipinski definition) is 1. The summed E-state index contributed by atoms with van der Waals surface area (Å²) in [4.78, 5) is 0. The monoisotopic (exact) mass is 226 g/mol. The number of benzene rings is 1. The van der Waals surface area contributed by atoms with Gasteiger partial charge in [0.15, 0.2) is 0 Å². The Kier molecular flexibility index (Phi) is 6.89. The van der Waals surface area contributed by atoms with Crippen LogP contribution >= 0.6 is 0 Å². The Morgan fingerprint density at radius 1 is 1.38 bits per heavy atom. The predicted molar refractivity (Wildman–Crippen MR) is 49.9 cm³/mol. The van der Waals surface area contributed by atoms with Gasteiger partial charge in [-0.15, -0.1) is 12.1 Å². The van der Waals surface area contributed by atoms with Crippen LogP contribution in [0.5, 0.6) is 5.75 Å². The van der Waals surface area contributed by atoms with Crippen molar-refractivity contribution in [2.24, 2.45) is 5.92 Å². The molecule has 0 spiro atoms. The van der Waals surface area contributed by atoms with Gasteiger partial charge in [-0.3, -0.25) is 0 Å². The second-order valence-corrected chi connectivity index (χ2v) is 2.88. The molecule has 1 aliphatic rings. The minimum atomic E-state index is 0. The summed E-state index contributed by atoms with van der Waals surface area (Å²) in [5, 5.41) is 0. The van der Waals surface area contributed by atoms with Crippen LogP contribution in [0.25, 0.3) is 0 Å². The van der Waals surface area contributed by atoms with E-state index < -0.39 is 0 Å². The summed E-state index contributed by atoms with van der Waals surface area (Å²) in [5.74, 6) is 1.71. The summed E-state index contributed by atoms with van der Waals surface area (Å²) in [6, 6.07) is 10.2. The molecular formula is C11H14OZn. The molecule has 0 bridgehead atoms. The fraction of sp³-hybridized carbons (Fsp3) is 0.364. The number of ether oxygens (including phenoxy) is 1. The van der Waals surface area contributed by atoms with Crippen molar-refractivity contribution >= 4 is 0 Å². The van der Waals surface area contributed by atoms with E-state index in [1.807, 2.05) is 24.3 Å². The van der Waals surface area contributed by atoms with Gasteiger partial charge < -0.3 is 11.7 Å². The van der Waals surface area contributed by atoms with Gasteiger partial charge >= 0.3 is 19.5 Å². The van der Waals surface area contributed by atoms with Crippen molar-refractivity contribution in [1.82, 2.24) is 0 Å². The average Bonchev–Trinajstić information content (AvgIpc) is 2.90. The summed E-state index contributed by atoms with van der Waals surface area (Å²) in [6.07, 6.45) is 2.75. The first-order chi connectivity index (χ1) is 5.83. The zero-order valence-electron chi connectivity index (χ0n) is 8.12. The molecule has 0 unspecified atom stereocenters. The zero-order valence-corrected chi connectivity index (χ0v) is 11.1. The molecular weight excluding hydrogens is 214 g/mol. The Labute approximate surface area is 93.3 Å². The molecule has 13 heavy (non-hydrogen) atoms. The third-order valence-electron chi connectivity index (χ3n) is 1.62. The van der Waals surface area contributed by atoms with Gasteiger partial charge in [0.2, 0.25) is 0 Å². The van der Waals surface area contributed by atoms with Crippen LogP contribution in [0.15, 0.2) is 24.3 Å². The van der Waals surface area contributed by atoms with Crippen LogP contribution in [-0.2, 0) is 19.5 Å². The van der Waals surface area contributed by atoms with Gasteiger partial charge in [-0.2, -0.15) is 24.1 Å². The van der Waals surface area contributed by atoms with E-state index in [-0.39, 0.29) is 19.5 Å². The molecule has 2 heteroatoms. The topological polar surface area (TPSA) is 9.23 Å². The SMILES string of the molecule is COc1cc[c-]cc1.[CH2-]C1CC1.[Zn+2]. The van der Waals surface area contributed by atoms with Crippen molar-refractivity contribution in [2.45, 2.75) is 12.8 Å². The Balaban J connectivity index is 0.000000245. The van der Waals surface area contributed by atoms with E-state index in [4.69, 9.17) is 4.74 Å². The van der Waals surface area contributed by atoms with E-state index >= 15 is 0 Å². The van der Waals surface area contributed by atoms with Gasteiger partial charge in [0.25, 0.3) is 0 Å². The fourth-order valence-corrected chi connectivity index (χ4v) is 0.626. The van der Waals surface area contributed by atoms with Crippen molar-refractivity contribution in [3.05, 3.63) is 37.3 Å². The minimum absolute atomic E-state index is 0. The van der Waals surface area contributed by atoms with Gasteiger partial charge in [0.1, 0.15) is 0 Å². The van der Waals surface area contributed by atoms with Crippen LogP contribution in [0, 0.1) is 18.9 Å². The molecule has 1 saturated carbocycles. The molecule has 0 N–H and O–H groups in total. The van der Waals surface area contributed by atoms with Crippen molar-refractivity contribution in [2.75, 3.05) is 7.11 Å². The molecule has 1 aromatic carbocycles. The number of rotatable bonds is 1. The molecule has 1 nitrogen and oxygen atoms in total. The average molecular weight is 228 g/mol. The maximum absolute atomic E-state index is 4.89. The van der Waals surface area contributed by atoms with Crippen molar-refractivity contribution in [1.29, 1.82) is 0 Å². The van der Waals surface area contributed by atoms with E-state index in [0.29, 0.717) is 0 Å². The van der Waals surface area contributed by atoms with Crippen molar-refractivity contribution < 1.29 is 24.2 Å². The molecule has 0 heterocycles. The first-order valence-electron chi connectivity index (χ1n) is 4.16. The van der Waals surface area contributed by atoms with E-state index in [9.17, 15) is 0 Å². The second kappa shape index (κ2) is 7.09. The van der Waals surface area contributed by atoms with E-state index in [1.54, 1.807) is 7.11 Å². The standard InChI is InChI=1S/C7H7O.C4H7.Zn/c1-8-7-5-3-2-4-6-7;1-4-2-3-4;/h3-6H,1H3;4H,1-3H2;/q2*-1;+2. The van der Waals surface area contributed by atoms with Crippen LogP contribution in [-0.4, -0.2) is 7.11 Å². The molecule has 0 saturated heterocycles. The van der Waals surface area contributed by atoms with Gasteiger partial charge in [-0.1, -0.05) is 12.8 Å². The summed E-state index contributed by atoms with van der Waals surface area (Å²) >= 11 is 0. The van der Waals surface area contributed by atoms with Crippen molar-refractivity contribution in [3.8, 4) is 5.75 Å². The Morgan fingerprint density at radius 3 is 2.08 bits per heavy atom. The van der Waals surface area contributed by atoms with Crippen LogP contribution < -0.4 is 4.74 Å². The van der Waals surface area contributed by atoms with Gasteiger partial charge in [-0.05, 0) is 0 Å². The van der Waals surface area contributed by atoms with Crippen LogP contribution in [0.2, 0.25) is 0 Å². The quantitative estimate of drug-likeness (QED) is 0.530. The summed E-state index contributed by atoms with van der Waals surface area (Å²) < 4.78 is 4.89. The maximum Gasteiger partial charge on any atom is 2.00 e. The van der Waals surface area contributed by atoms with Gasteiger partial charge in [-0.25, -0.2) is 0 Å². The summed E-state index contributed by atoms with van der Waals surface area (Å²) in [5.41, 5.74) is 0. The third-order valence-corrected chi connectivity index (χ3v) is 1.62. The molecule has 1 aliphatic carbocycles. The molecule has 0 radical (unpaired) electrons. The summed E-state index contributed by atoms with van der Waals surface area (Å²) in [7, 11) is 1.65. The number of methoxy groups -OCH3 is 1. The van der Waals surface area contributed by atoms with E-state index in [0.717, 1.165) is 11.7 Å². The van der Waals surface area contributed by atoms with Gasteiger partial charge in [0, 0.05) is 5.75 Å². The first kappa shape index (κ1) is 12.6. The van der Waals surface area contributed by atoms with Crippen LogP contribution in [0.4, 0.5) is 0 Å². The molecule has 1 fully saturated rings. The van der Waals surface area contributed by atoms with E-state index in [1.165, 1.54) is 12.8 Å². The normalized spacial score (nSPS) is 13.4. The smallest absolute Gasteiger partial charge is 0.522 e. The molecule has 0 atom stereocenters. The molecule has 66 valence electrons. The molecule has 0 aromatic heterocycles. The zero-order chi connectivity index (χ0) is 8.81. The third kappa shape index (κ3) is 6.77. The van der Waals surface area contributed by atoms with Gasteiger partial charge in [0.05, 0.1) is 7.11 Å². The Bertz CT molecular complexity index is 207. The Hall–Kier alpha value is -0.357. The molecule has 2 rings (SSSR count). The molecule has 0 amide bonds. The first-order valence-corrected chi connectivity index (χ1v) is 4.16. The molecule has 0 aliphatic heterocycles. The summed E-state index contributed by atoms with van der Waals surface area (Å²) in [6.45, 7) is 3.75. The number of hydrogen-bond donors (Lipinski definition) is 0. The molecule has 1 aromatic rings. The fourth-order valence-electron chi connectivity index (χ4n) is 0.626. The second-order valence-electron chi connectivity index (χ2n) is 2.88. The minimum Gasteiger partial charge on any atom is -0.522 e. The Morgan fingerprint density at radius 2 is 1.85 bits per heavy atom. The van der Waals surface area contributed by atoms with Crippen LogP contribution in [0.3, 0.4) is 0 Å².